The molecule has 0 unspecified atom stereocenters. The highest BCUT2D eigenvalue weighted by atomic mass is 32.2. The number of aryl methyl sites for hydroxylation is 1. The van der Waals surface area contributed by atoms with E-state index in [0.29, 0.717) is 5.89 Å². The molecule has 0 aliphatic carbocycles. The van der Waals surface area contributed by atoms with E-state index >= 15 is 0 Å². The second-order valence-electron chi connectivity index (χ2n) is 8.08. The Balaban J connectivity index is 1.60. The first kappa shape index (κ1) is 25.1. The van der Waals surface area contributed by atoms with Crippen molar-refractivity contribution in [1.29, 1.82) is 0 Å². The highest BCUT2D eigenvalue weighted by Crippen LogP contribution is 2.35. The number of guanidine groups is 1. The van der Waals surface area contributed by atoms with Crippen LogP contribution in [0.25, 0.3) is 11.9 Å². The fourth-order valence-corrected chi connectivity index (χ4v) is 4.90. The molecule has 1 aliphatic rings. The van der Waals surface area contributed by atoms with Crippen molar-refractivity contribution < 1.29 is 30.8 Å². The minimum atomic E-state index is -3.94. The van der Waals surface area contributed by atoms with E-state index in [9.17, 15) is 21.6 Å². The summed E-state index contributed by atoms with van der Waals surface area (Å²) in [5.41, 5.74) is 3.25. The molecular weight excluding hydrogens is 503 g/mol. The van der Waals surface area contributed by atoms with Crippen LogP contribution in [0.5, 0.6) is 5.88 Å². The van der Waals surface area contributed by atoms with Crippen LogP contribution in [0.1, 0.15) is 35.5 Å². The van der Waals surface area contributed by atoms with E-state index in [2.05, 4.69) is 25.1 Å². The third kappa shape index (κ3) is 5.00. The maximum atomic E-state index is 14.9. The molecule has 3 heterocycles. The van der Waals surface area contributed by atoms with Gasteiger partial charge >= 0.3 is 0 Å². The summed E-state index contributed by atoms with van der Waals surface area (Å²) < 4.78 is 79.8. The molecule has 11 nitrogen and oxygen atoms in total. The summed E-state index contributed by atoms with van der Waals surface area (Å²) in [5, 5.41) is 3.66. The number of rotatable bonds is 6. The van der Waals surface area contributed by atoms with Crippen molar-refractivity contribution in [2.45, 2.75) is 26.0 Å². The van der Waals surface area contributed by atoms with Crippen LogP contribution in [0.15, 0.2) is 34.0 Å². The van der Waals surface area contributed by atoms with Crippen LogP contribution < -0.4 is 10.5 Å². The summed E-state index contributed by atoms with van der Waals surface area (Å²) in [4.78, 5) is 15.9. The monoisotopic (exact) mass is 523 g/mol. The Labute approximate surface area is 203 Å². The summed E-state index contributed by atoms with van der Waals surface area (Å²) in [6.45, 7) is 2.87. The van der Waals surface area contributed by atoms with E-state index in [0.717, 1.165) is 34.9 Å². The lowest BCUT2D eigenvalue weighted by molar-refractivity contribution is 0.274. The van der Waals surface area contributed by atoms with Crippen molar-refractivity contribution in [3.05, 3.63) is 64.7 Å². The van der Waals surface area contributed by atoms with Gasteiger partial charge in [-0.05, 0) is 30.7 Å². The molecule has 0 amide bonds. The molecule has 4 rings (SSSR count). The predicted molar refractivity (Wildman–Crippen MR) is 121 cm³/mol. The normalized spacial score (nSPS) is 19.8. The van der Waals surface area contributed by atoms with Crippen molar-refractivity contribution in [3.63, 3.8) is 0 Å². The van der Waals surface area contributed by atoms with Gasteiger partial charge in [-0.15, -0.1) is 0 Å². The molecule has 36 heavy (non-hydrogen) atoms. The van der Waals surface area contributed by atoms with E-state index in [4.69, 9.17) is 15.0 Å². The molecule has 1 aliphatic heterocycles. The quantitative estimate of drug-likeness (QED) is 0.513. The van der Waals surface area contributed by atoms with Crippen LogP contribution in [0.2, 0.25) is 0 Å². The summed E-state index contributed by atoms with van der Waals surface area (Å²) in [6.07, 6.45) is 3.14. The third-order valence-electron chi connectivity index (χ3n) is 5.28. The Morgan fingerprint density at radius 3 is 2.67 bits per heavy atom. The summed E-state index contributed by atoms with van der Waals surface area (Å²) in [5.74, 6) is -3.88. The lowest BCUT2D eigenvalue weighted by atomic mass is 9.92. The maximum Gasteiger partial charge on any atom is 0.239 e. The Bertz CT molecular complexity index is 1480. The SMILES string of the molecule is Cc1nc(COc2cnc(/C(F)=C/c3cc(F)c(F)c([C@]4(C)CS(=O)(=O)N(C)C(N)=N4)c3)cn2)no1. The standard InChI is InChI=1S/C21H20F3N7O4S/c1-11-28-17(30-35-11)9-34-18-8-26-16(7-27-18)14(22)5-12-4-13(19(24)15(23)6-12)21(2)10-36(32,33)31(3)20(25)29-21/h4-8H,9-10H2,1-3H3,(H2,25,29)/b14-5-/t21-/m0/s1. The zero-order valence-corrected chi connectivity index (χ0v) is 20.1. The molecule has 3 aromatic rings. The number of nitrogens with zero attached hydrogens (tertiary/aromatic N) is 6. The lowest BCUT2D eigenvalue weighted by Crippen LogP contribution is -2.50. The molecular formula is C21H20F3N7O4S. The smallest absolute Gasteiger partial charge is 0.239 e. The largest absolute Gasteiger partial charge is 0.468 e. The van der Waals surface area contributed by atoms with Crippen LogP contribution in [-0.2, 0) is 22.2 Å². The average Bonchev–Trinajstić information content (AvgIpc) is 3.23. The average molecular weight is 523 g/mol. The number of halogens is 3. The number of nitrogens with two attached hydrogens (primary N) is 1. The lowest BCUT2D eigenvalue weighted by Gasteiger charge is -2.34. The van der Waals surface area contributed by atoms with Crippen LogP contribution in [0.4, 0.5) is 13.2 Å². The molecule has 190 valence electrons. The fourth-order valence-electron chi connectivity index (χ4n) is 3.45. The number of aliphatic imine (C=N–C) groups is 1. The molecule has 0 bridgehead atoms. The van der Waals surface area contributed by atoms with E-state index in [1.165, 1.54) is 14.0 Å². The Morgan fingerprint density at radius 2 is 2.06 bits per heavy atom. The highest BCUT2D eigenvalue weighted by molar-refractivity contribution is 7.89. The Hall–Kier alpha value is -4.01. The minimum Gasteiger partial charge on any atom is -0.468 e. The van der Waals surface area contributed by atoms with E-state index in [1.54, 1.807) is 6.92 Å². The van der Waals surface area contributed by atoms with Gasteiger partial charge in [-0.25, -0.2) is 40.9 Å². The van der Waals surface area contributed by atoms with Gasteiger partial charge in [0.05, 0.1) is 18.1 Å². The molecule has 0 saturated carbocycles. The van der Waals surface area contributed by atoms with Gasteiger partial charge in [0.2, 0.25) is 33.6 Å². The molecule has 2 N–H and O–H groups in total. The molecule has 0 radical (unpaired) electrons. The molecule has 2 aromatic heterocycles. The maximum absolute atomic E-state index is 14.9. The fraction of sp³-hybridized carbons (Fsp3) is 0.286. The third-order valence-corrected chi connectivity index (χ3v) is 7.23. The first-order chi connectivity index (χ1) is 16.9. The first-order valence-corrected chi connectivity index (χ1v) is 11.9. The van der Waals surface area contributed by atoms with Crippen LogP contribution in [0, 0.1) is 18.6 Å². The highest BCUT2D eigenvalue weighted by Gasteiger charge is 2.42. The van der Waals surface area contributed by atoms with Gasteiger partial charge in [0.15, 0.2) is 24.1 Å². The number of sulfonamides is 1. The first-order valence-electron chi connectivity index (χ1n) is 10.3. The van der Waals surface area contributed by atoms with Gasteiger partial charge in [-0.1, -0.05) is 5.16 Å². The number of hydrogen-bond donors (Lipinski definition) is 1. The molecule has 1 aromatic carbocycles. The number of aromatic nitrogens is 4. The second kappa shape index (κ2) is 9.22. The molecule has 0 saturated heterocycles. The number of ether oxygens (including phenoxy) is 1. The molecule has 0 spiro atoms. The predicted octanol–water partition coefficient (Wildman–Crippen LogP) is 2.30. The van der Waals surface area contributed by atoms with Crippen molar-refractivity contribution in [2.75, 3.05) is 12.8 Å². The number of hydrogen-bond acceptors (Lipinski definition) is 10. The summed E-state index contributed by atoms with van der Waals surface area (Å²) in [7, 11) is -2.75. The molecule has 15 heteroatoms. The zero-order valence-electron chi connectivity index (χ0n) is 19.2. The van der Waals surface area contributed by atoms with Gasteiger partial charge in [0, 0.05) is 19.5 Å². The Morgan fingerprint density at radius 1 is 1.31 bits per heavy atom. The van der Waals surface area contributed by atoms with Gasteiger partial charge in [-0.3, -0.25) is 0 Å². The van der Waals surface area contributed by atoms with Gasteiger partial charge in [0.25, 0.3) is 0 Å². The summed E-state index contributed by atoms with van der Waals surface area (Å²) >= 11 is 0. The van der Waals surface area contributed by atoms with E-state index in [-0.39, 0.29) is 35.5 Å². The van der Waals surface area contributed by atoms with E-state index in [1.807, 2.05) is 0 Å². The molecule has 0 fully saturated rings. The minimum absolute atomic E-state index is 0.0431. The van der Waals surface area contributed by atoms with Crippen LogP contribution in [0.3, 0.4) is 0 Å². The zero-order chi connectivity index (χ0) is 26.3. The van der Waals surface area contributed by atoms with E-state index < -0.39 is 44.3 Å². The topological polar surface area (TPSA) is 150 Å². The van der Waals surface area contributed by atoms with Crippen molar-refractivity contribution in [1.82, 2.24) is 24.4 Å². The van der Waals surface area contributed by atoms with Gasteiger partial charge in [0.1, 0.15) is 11.2 Å². The van der Waals surface area contributed by atoms with Gasteiger partial charge < -0.3 is 15.0 Å². The summed E-state index contributed by atoms with van der Waals surface area (Å²) in [6, 6.07) is 1.86. The molecule has 1 atom stereocenters. The Kier molecular flexibility index (Phi) is 6.43. The second-order valence-corrected chi connectivity index (χ2v) is 10.1. The van der Waals surface area contributed by atoms with Crippen molar-refractivity contribution >= 4 is 27.9 Å². The van der Waals surface area contributed by atoms with Crippen LogP contribution >= 0.6 is 0 Å². The number of benzene rings is 1. The van der Waals surface area contributed by atoms with Crippen molar-refractivity contribution in [2.24, 2.45) is 10.7 Å². The van der Waals surface area contributed by atoms with Gasteiger partial charge in [-0.2, -0.15) is 4.98 Å². The van der Waals surface area contributed by atoms with Crippen molar-refractivity contribution in [3.8, 4) is 5.88 Å². The van der Waals surface area contributed by atoms with Crippen LogP contribution in [-0.4, -0.2) is 51.6 Å².